The Kier molecular flexibility index (Phi) is 15.2. The Morgan fingerprint density at radius 2 is 1.69 bits per heavy atom. The van der Waals surface area contributed by atoms with E-state index in [2.05, 4.69) is 69.4 Å². The molecule has 3 aliphatic heterocycles. The Morgan fingerprint density at radius 3 is 2.35 bits per heavy atom. The molecule has 15 nitrogen and oxygen atoms in total. The van der Waals surface area contributed by atoms with E-state index in [4.69, 9.17) is 0 Å². The fourth-order valence-corrected chi connectivity index (χ4v) is 12.5. The van der Waals surface area contributed by atoms with Crippen molar-refractivity contribution in [2.45, 2.75) is 136 Å². The number of nitrogens with zero attached hydrogens (tertiary/aromatic N) is 6. The summed E-state index contributed by atoms with van der Waals surface area (Å²) in [6, 6.07) is 18.6. The van der Waals surface area contributed by atoms with Crippen LogP contribution >= 0.6 is 11.3 Å². The number of aryl methyl sites for hydroxylation is 2. The van der Waals surface area contributed by atoms with Crippen molar-refractivity contribution < 1.29 is 29.1 Å². The molecule has 5 aromatic rings. The number of hydrogen-bond donors (Lipinski definition) is 4. The summed E-state index contributed by atoms with van der Waals surface area (Å²) < 4.78 is 0. The van der Waals surface area contributed by atoms with Gasteiger partial charge in [-0.2, -0.15) is 5.26 Å². The minimum atomic E-state index is -0.919. The van der Waals surface area contributed by atoms with E-state index >= 15 is 0 Å². The van der Waals surface area contributed by atoms with E-state index in [-0.39, 0.29) is 49.4 Å². The summed E-state index contributed by atoms with van der Waals surface area (Å²) in [5.74, 6) is -0.929. The number of amides is 4. The molecule has 3 atom stereocenters. The average molecular weight is 1020 g/mol. The number of anilines is 1. The number of fused-ring (bicyclic) bond motifs is 4. The number of rotatable bonds is 14. The zero-order valence-corrected chi connectivity index (χ0v) is 44.8. The van der Waals surface area contributed by atoms with Crippen LogP contribution in [0, 0.1) is 23.7 Å². The van der Waals surface area contributed by atoms with Crippen LogP contribution in [-0.4, -0.2) is 129 Å². The standard InChI is InChI=1S/C58H71N9O6S/c1-8-38-28-43-44(58(6,7)53-50(51(43)71)42-18-15-37(31-59)27-45(42)62-53)30-46(38)65-21-19-40(20-22-65)64-23-25-66(26-24-64)49(70)12-10-9-11-48(69)63-54(57(3,4)5)56(73)67-33-41(68)29-47(67)55(72)60-32-36-13-16-39(17-14-36)52-35(2)61-34-74-52/h13-18,27-28,30,34,40-41,47,54,62,68H,8-12,19-26,29,32-33H2,1-7H3,(H,60,72)(H,63,69)/t41-,47+,54+/m1/s1. The molecule has 0 radical (unpaired) electrons. The van der Waals surface area contributed by atoms with Crippen molar-refractivity contribution in [3.05, 3.63) is 105 Å². The van der Waals surface area contributed by atoms with Crippen LogP contribution in [0.15, 0.2) is 60.1 Å². The number of aliphatic hydroxyl groups is 1. The molecule has 3 fully saturated rings. The van der Waals surface area contributed by atoms with Gasteiger partial charge in [-0.1, -0.05) is 71.9 Å². The maximum Gasteiger partial charge on any atom is 0.246 e. The molecule has 4 amide bonds. The van der Waals surface area contributed by atoms with E-state index in [0.717, 1.165) is 94.9 Å². The molecule has 2 aromatic heterocycles. The molecule has 0 spiro atoms. The number of piperazine rings is 1. The number of likely N-dealkylation sites (tertiary alicyclic amines) is 1. The molecule has 0 bridgehead atoms. The van der Waals surface area contributed by atoms with E-state index < -0.39 is 34.9 Å². The number of aromatic nitrogens is 2. The first kappa shape index (κ1) is 52.5. The molecule has 74 heavy (non-hydrogen) atoms. The van der Waals surface area contributed by atoms with Crippen molar-refractivity contribution >= 4 is 57.3 Å². The minimum absolute atomic E-state index is 0.000285. The molecular formula is C58H71N9O6S. The number of hydrogen-bond acceptors (Lipinski definition) is 11. The summed E-state index contributed by atoms with van der Waals surface area (Å²) in [4.78, 5) is 86.0. The fourth-order valence-electron chi connectivity index (χ4n) is 11.7. The summed E-state index contributed by atoms with van der Waals surface area (Å²) in [5.41, 5.74) is 10.7. The molecule has 390 valence electrons. The lowest BCUT2D eigenvalue weighted by Gasteiger charge is -2.44. The quantitative estimate of drug-likeness (QED) is 0.0815. The Hall–Kier alpha value is -6.41. The van der Waals surface area contributed by atoms with Crippen molar-refractivity contribution in [1.82, 2.24) is 35.3 Å². The second-order valence-corrected chi connectivity index (χ2v) is 23.2. The van der Waals surface area contributed by atoms with Crippen molar-refractivity contribution in [3.8, 4) is 16.5 Å². The van der Waals surface area contributed by atoms with Gasteiger partial charge in [0.25, 0.3) is 0 Å². The third-order valence-electron chi connectivity index (χ3n) is 16.0. The Bertz CT molecular complexity index is 2980. The number of nitrogens with one attached hydrogen (secondary N) is 3. The molecule has 4 aliphatic rings. The summed E-state index contributed by atoms with van der Waals surface area (Å²) in [6.07, 6.45) is 3.62. The highest BCUT2D eigenvalue weighted by atomic mass is 32.1. The lowest BCUT2D eigenvalue weighted by Crippen LogP contribution is -2.57. The fraction of sp³-hybridized carbons (Fsp3) is 0.500. The summed E-state index contributed by atoms with van der Waals surface area (Å²) in [7, 11) is 0. The largest absolute Gasteiger partial charge is 0.391 e. The van der Waals surface area contributed by atoms with Gasteiger partial charge >= 0.3 is 0 Å². The van der Waals surface area contributed by atoms with Gasteiger partial charge in [-0.15, -0.1) is 11.3 Å². The molecule has 5 heterocycles. The van der Waals surface area contributed by atoms with Gasteiger partial charge in [-0.05, 0) is 91.0 Å². The predicted molar refractivity (Wildman–Crippen MR) is 288 cm³/mol. The Morgan fingerprint density at radius 1 is 0.973 bits per heavy atom. The number of β-amino-alcohol motifs (C(OH)–C–C–N with tert-alkyl or cyclic N) is 1. The maximum atomic E-state index is 14.2. The van der Waals surface area contributed by atoms with Crippen LogP contribution in [0.2, 0.25) is 0 Å². The van der Waals surface area contributed by atoms with Crippen LogP contribution in [0.3, 0.4) is 0 Å². The highest BCUT2D eigenvalue weighted by Gasteiger charge is 2.45. The SMILES string of the molecule is CCc1cc2c(cc1N1CCC(N3CCN(C(=O)CCCCC(=O)N[C@@H](C(=O)N4C[C@H](O)C[C@H]4C(=O)NCc4ccc(-c5scnc5C)cc4)C(C)(C)C)CC3)CC1)C(C)(C)c1[nH]c3cc(C#N)ccc3c1C2=O. The number of piperidine rings is 1. The molecule has 0 unspecified atom stereocenters. The molecular weight excluding hydrogens is 951 g/mol. The lowest BCUT2D eigenvalue weighted by molar-refractivity contribution is -0.144. The molecule has 9 rings (SSSR count). The van der Waals surface area contributed by atoms with Crippen molar-refractivity contribution in [3.63, 3.8) is 0 Å². The van der Waals surface area contributed by atoms with Crippen molar-refractivity contribution in [2.24, 2.45) is 5.41 Å². The van der Waals surface area contributed by atoms with Crippen LogP contribution < -0.4 is 15.5 Å². The van der Waals surface area contributed by atoms with E-state index in [1.54, 1.807) is 17.4 Å². The smallest absolute Gasteiger partial charge is 0.246 e. The van der Waals surface area contributed by atoms with E-state index in [1.807, 2.05) is 74.5 Å². The summed E-state index contributed by atoms with van der Waals surface area (Å²) in [6.45, 7) is 19.1. The lowest BCUT2D eigenvalue weighted by atomic mass is 9.70. The summed E-state index contributed by atoms with van der Waals surface area (Å²) in [5, 5.41) is 26.9. The van der Waals surface area contributed by atoms with Crippen LogP contribution in [0.1, 0.15) is 136 Å². The van der Waals surface area contributed by atoms with E-state index in [1.165, 1.54) is 16.2 Å². The molecule has 3 saturated heterocycles. The number of benzene rings is 3. The Labute approximate surface area is 438 Å². The third-order valence-corrected chi connectivity index (χ3v) is 17.0. The van der Waals surface area contributed by atoms with Gasteiger partial charge in [0.1, 0.15) is 12.1 Å². The number of carbonyl (C=O) groups excluding carboxylic acids is 5. The van der Waals surface area contributed by atoms with Crippen molar-refractivity contribution in [2.75, 3.05) is 50.7 Å². The van der Waals surface area contributed by atoms with Crippen LogP contribution in [0.25, 0.3) is 21.3 Å². The second kappa shape index (κ2) is 21.4. The highest BCUT2D eigenvalue weighted by Crippen LogP contribution is 2.46. The first-order valence-electron chi connectivity index (χ1n) is 26.5. The number of ketones is 1. The maximum absolute atomic E-state index is 14.2. The first-order valence-corrected chi connectivity index (χ1v) is 27.3. The van der Waals surface area contributed by atoms with Gasteiger partial charge in [0.05, 0.1) is 39.4 Å². The second-order valence-electron chi connectivity index (χ2n) is 22.4. The first-order chi connectivity index (χ1) is 35.4. The predicted octanol–water partition coefficient (Wildman–Crippen LogP) is 7.39. The van der Waals surface area contributed by atoms with Gasteiger partial charge in [0.2, 0.25) is 23.6 Å². The molecule has 1 aliphatic carbocycles. The number of carbonyl (C=O) groups is 5. The zero-order valence-electron chi connectivity index (χ0n) is 44.0. The number of H-pyrrole nitrogens is 1. The molecule has 0 saturated carbocycles. The van der Waals surface area contributed by atoms with Crippen LogP contribution in [0.5, 0.6) is 0 Å². The number of nitriles is 1. The number of thiazole rings is 1. The third kappa shape index (κ3) is 10.6. The Balaban J connectivity index is 0.716. The number of aromatic amines is 1. The van der Waals surface area contributed by atoms with E-state index in [9.17, 15) is 34.3 Å². The van der Waals surface area contributed by atoms with Gasteiger partial charge in [0, 0.05) is 111 Å². The van der Waals surface area contributed by atoms with Crippen LogP contribution in [0.4, 0.5) is 5.69 Å². The zero-order chi connectivity index (χ0) is 52.6. The molecule has 3 aromatic carbocycles. The van der Waals surface area contributed by atoms with Crippen LogP contribution in [-0.2, 0) is 37.6 Å². The average Bonchev–Trinajstić information content (AvgIpc) is 4.14. The van der Waals surface area contributed by atoms with Gasteiger partial charge in [0.15, 0.2) is 5.78 Å². The number of unbranched alkanes of at least 4 members (excludes halogenated alkanes) is 1. The van der Waals surface area contributed by atoms with Gasteiger partial charge < -0.3 is 35.4 Å². The number of aliphatic hydroxyl groups excluding tert-OH is 1. The monoisotopic (exact) mass is 1020 g/mol. The molecule has 4 N–H and O–H groups in total. The van der Waals surface area contributed by atoms with Gasteiger partial charge in [-0.25, -0.2) is 4.98 Å². The van der Waals surface area contributed by atoms with Gasteiger partial charge in [-0.3, -0.25) is 28.9 Å². The topological polar surface area (TPSA) is 195 Å². The normalized spacial score (nSPS) is 19.5. The highest BCUT2D eigenvalue weighted by molar-refractivity contribution is 7.13. The van der Waals surface area contributed by atoms with Crippen molar-refractivity contribution in [1.29, 1.82) is 5.26 Å². The molecule has 16 heteroatoms. The minimum Gasteiger partial charge on any atom is -0.391 e. The van der Waals surface area contributed by atoms with E-state index in [0.29, 0.717) is 49.5 Å². The summed E-state index contributed by atoms with van der Waals surface area (Å²) >= 11 is 1.58.